The largest absolute Gasteiger partial charge is 0.333 e. The number of nitrogens with zero attached hydrogens (tertiary/aromatic N) is 1. The highest BCUT2D eigenvalue weighted by Crippen LogP contribution is 2.13. The van der Waals surface area contributed by atoms with Crippen molar-refractivity contribution in [1.82, 2.24) is 4.90 Å². The van der Waals surface area contributed by atoms with Gasteiger partial charge in [0.25, 0.3) is 5.91 Å². The van der Waals surface area contributed by atoms with Crippen molar-refractivity contribution in [3.63, 3.8) is 0 Å². The van der Waals surface area contributed by atoms with Gasteiger partial charge in [0.05, 0.1) is 0 Å². The Morgan fingerprint density at radius 2 is 1.70 bits per heavy atom. The van der Waals surface area contributed by atoms with Crippen molar-refractivity contribution in [1.29, 1.82) is 0 Å². The van der Waals surface area contributed by atoms with Crippen molar-refractivity contribution in [2.24, 2.45) is 5.73 Å². The molecular formula is C17H20N2O. The summed E-state index contributed by atoms with van der Waals surface area (Å²) >= 11 is 0. The molecule has 0 fully saturated rings. The molecule has 0 unspecified atom stereocenters. The first-order valence-electron chi connectivity index (χ1n) is 6.81. The van der Waals surface area contributed by atoms with Crippen LogP contribution < -0.4 is 5.73 Å². The lowest BCUT2D eigenvalue weighted by molar-refractivity contribution is 0.0747. The first kappa shape index (κ1) is 14.3. The smallest absolute Gasteiger partial charge is 0.254 e. The van der Waals surface area contributed by atoms with Crippen molar-refractivity contribution >= 4 is 5.91 Å². The van der Waals surface area contributed by atoms with Gasteiger partial charge in [-0.3, -0.25) is 4.79 Å². The second kappa shape index (κ2) is 6.87. The van der Waals surface area contributed by atoms with Crippen LogP contribution in [0.3, 0.4) is 0 Å². The molecule has 0 spiro atoms. The Balaban J connectivity index is 2.20. The van der Waals surface area contributed by atoms with Crippen LogP contribution in [0.25, 0.3) is 0 Å². The minimum absolute atomic E-state index is 0.0393. The van der Waals surface area contributed by atoms with Gasteiger partial charge in [0.1, 0.15) is 0 Å². The average molecular weight is 268 g/mol. The lowest BCUT2D eigenvalue weighted by Gasteiger charge is -2.23. The molecule has 0 aromatic heterocycles. The fourth-order valence-corrected chi connectivity index (χ4v) is 2.20. The van der Waals surface area contributed by atoms with Crippen LogP contribution in [0.4, 0.5) is 0 Å². The van der Waals surface area contributed by atoms with E-state index in [0.29, 0.717) is 19.6 Å². The minimum atomic E-state index is 0.0393. The maximum atomic E-state index is 12.6. The highest BCUT2D eigenvalue weighted by Gasteiger charge is 2.16. The second-order valence-electron chi connectivity index (χ2n) is 4.82. The molecule has 0 aliphatic rings. The van der Waals surface area contributed by atoms with Gasteiger partial charge in [0.2, 0.25) is 0 Å². The molecule has 1 amide bonds. The van der Waals surface area contributed by atoms with Crippen molar-refractivity contribution in [3.8, 4) is 0 Å². The van der Waals surface area contributed by atoms with Gasteiger partial charge in [-0.15, -0.1) is 0 Å². The molecule has 20 heavy (non-hydrogen) atoms. The van der Waals surface area contributed by atoms with Crippen molar-refractivity contribution in [2.45, 2.75) is 13.5 Å². The van der Waals surface area contributed by atoms with E-state index < -0.39 is 0 Å². The number of amides is 1. The third-order valence-electron chi connectivity index (χ3n) is 3.28. The molecule has 0 atom stereocenters. The van der Waals surface area contributed by atoms with Crippen LogP contribution >= 0.6 is 0 Å². The molecule has 2 N–H and O–H groups in total. The number of nitrogens with two attached hydrogens (primary N) is 1. The summed E-state index contributed by atoms with van der Waals surface area (Å²) < 4.78 is 0. The van der Waals surface area contributed by atoms with Gasteiger partial charge in [-0.1, -0.05) is 48.5 Å². The number of benzene rings is 2. The molecule has 2 aromatic carbocycles. The highest BCUT2D eigenvalue weighted by atomic mass is 16.2. The van der Waals surface area contributed by atoms with Crippen molar-refractivity contribution in [3.05, 3.63) is 71.3 Å². The van der Waals surface area contributed by atoms with Gasteiger partial charge in [0, 0.05) is 25.2 Å². The SMILES string of the molecule is Cc1ccccc1C(=O)N(CCN)Cc1ccccc1. The molecule has 104 valence electrons. The van der Waals surface area contributed by atoms with E-state index in [2.05, 4.69) is 0 Å². The monoisotopic (exact) mass is 268 g/mol. The number of aryl methyl sites for hydroxylation is 1. The third-order valence-corrected chi connectivity index (χ3v) is 3.28. The molecule has 0 bridgehead atoms. The predicted molar refractivity (Wildman–Crippen MR) is 81.4 cm³/mol. The summed E-state index contributed by atoms with van der Waals surface area (Å²) in [5.74, 6) is 0.0393. The standard InChI is InChI=1S/C17H20N2O/c1-14-7-5-6-10-16(14)17(20)19(12-11-18)13-15-8-3-2-4-9-15/h2-10H,11-13,18H2,1H3. The summed E-state index contributed by atoms with van der Waals surface area (Å²) in [6.07, 6.45) is 0. The molecule has 0 heterocycles. The van der Waals surface area contributed by atoms with E-state index in [9.17, 15) is 4.79 Å². The second-order valence-corrected chi connectivity index (χ2v) is 4.82. The molecule has 2 rings (SSSR count). The van der Waals surface area contributed by atoms with E-state index in [1.807, 2.05) is 61.5 Å². The molecule has 2 aromatic rings. The van der Waals surface area contributed by atoms with Crippen LogP contribution in [-0.2, 0) is 6.54 Å². The number of carbonyl (C=O) groups excluding carboxylic acids is 1. The van der Waals surface area contributed by atoms with Crippen LogP contribution in [-0.4, -0.2) is 23.9 Å². The number of carbonyl (C=O) groups is 1. The summed E-state index contributed by atoms with van der Waals surface area (Å²) in [7, 11) is 0. The maximum absolute atomic E-state index is 12.6. The Bertz CT molecular complexity index is 566. The highest BCUT2D eigenvalue weighted by molar-refractivity contribution is 5.95. The van der Waals surface area contributed by atoms with Gasteiger partial charge in [-0.25, -0.2) is 0 Å². The zero-order valence-electron chi connectivity index (χ0n) is 11.8. The fraction of sp³-hybridized carbons (Fsp3) is 0.235. The van der Waals surface area contributed by atoms with Gasteiger partial charge >= 0.3 is 0 Å². The summed E-state index contributed by atoms with van der Waals surface area (Å²) in [6.45, 7) is 3.56. The Kier molecular flexibility index (Phi) is 4.91. The van der Waals surface area contributed by atoms with E-state index in [-0.39, 0.29) is 5.91 Å². The van der Waals surface area contributed by atoms with Crippen molar-refractivity contribution < 1.29 is 4.79 Å². The maximum Gasteiger partial charge on any atom is 0.254 e. The van der Waals surface area contributed by atoms with Crippen LogP contribution in [0.5, 0.6) is 0 Å². The summed E-state index contributed by atoms with van der Waals surface area (Å²) in [6, 6.07) is 17.6. The number of hydrogen-bond donors (Lipinski definition) is 1. The summed E-state index contributed by atoms with van der Waals surface area (Å²) in [5.41, 5.74) is 8.50. The first-order valence-corrected chi connectivity index (χ1v) is 6.81. The predicted octanol–water partition coefficient (Wildman–Crippen LogP) is 2.60. The fourth-order valence-electron chi connectivity index (χ4n) is 2.20. The number of hydrogen-bond acceptors (Lipinski definition) is 2. The van der Waals surface area contributed by atoms with E-state index in [1.54, 1.807) is 4.90 Å². The zero-order valence-corrected chi connectivity index (χ0v) is 11.8. The molecule has 0 aliphatic heterocycles. The average Bonchev–Trinajstić information content (AvgIpc) is 2.48. The molecule has 0 saturated heterocycles. The van der Waals surface area contributed by atoms with Gasteiger partial charge in [0.15, 0.2) is 0 Å². The molecule has 3 heteroatoms. The third kappa shape index (κ3) is 3.45. The lowest BCUT2D eigenvalue weighted by atomic mass is 10.1. The van der Waals surface area contributed by atoms with Gasteiger partial charge in [-0.2, -0.15) is 0 Å². The molecular weight excluding hydrogens is 248 g/mol. The van der Waals surface area contributed by atoms with Crippen LogP contribution in [0.1, 0.15) is 21.5 Å². The van der Waals surface area contributed by atoms with Crippen LogP contribution in [0, 0.1) is 6.92 Å². The molecule has 0 saturated carbocycles. The van der Waals surface area contributed by atoms with E-state index in [0.717, 1.165) is 16.7 Å². The summed E-state index contributed by atoms with van der Waals surface area (Å²) in [4.78, 5) is 14.4. The van der Waals surface area contributed by atoms with Gasteiger partial charge in [-0.05, 0) is 24.1 Å². The molecule has 3 nitrogen and oxygen atoms in total. The minimum Gasteiger partial charge on any atom is -0.333 e. The van der Waals surface area contributed by atoms with Crippen LogP contribution in [0.15, 0.2) is 54.6 Å². The zero-order chi connectivity index (χ0) is 14.4. The molecule has 0 aliphatic carbocycles. The Labute approximate surface area is 120 Å². The van der Waals surface area contributed by atoms with Crippen molar-refractivity contribution in [2.75, 3.05) is 13.1 Å². The van der Waals surface area contributed by atoms with Crippen LogP contribution in [0.2, 0.25) is 0 Å². The first-order chi connectivity index (χ1) is 9.72. The molecule has 0 radical (unpaired) electrons. The quantitative estimate of drug-likeness (QED) is 0.906. The summed E-state index contributed by atoms with van der Waals surface area (Å²) in [5, 5.41) is 0. The topological polar surface area (TPSA) is 46.3 Å². The van der Waals surface area contributed by atoms with E-state index in [1.165, 1.54) is 0 Å². The normalized spacial score (nSPS) is 10.3. The van der Waals surface area contributed by atoms with Gasteiger partial charge < -0.3 is 10.6 Å². The lowest BCUT2D eigenvalue weighted by Crippen LogP contribution is -2.35. The number of rotatable bonds is 5. The van der Waals surface area contributed by atoms with E-state index >= 15 is 0 Å². The Hall–Kier alpha value is -2.13. The van der Waals surface area contributed by atoms with E-state index in [4.69, 9.17) is 5.73 Å². The Morgan fingerprint density at radius 3 is 2.35 bits per heavy atom. The Morgan fingerprint density at radius 1 is 1.05 bits per heavy atom.